The summed E-state index contributed by atoms with van der Waals surface area (Å²) in [4.78, 5) is 11.8. The highest BCUT2D eigenvalue weighted by atomic mass is 127. The Bertz CT molecular complexity index is 414. The van der Waals surface area contributed by atoms with Crippen molar-refractivity contribution >= 4 is 28.5 Å². The molecule has 3 N–H and O–H groups in total. The number of nitrogens with one attached hydrogen (secondary N) is 1. The van der Waals surface area contributed by atoms with Crippen LogP contribution in [0.2, 0.25) is 0 Å². The first-order chi connectivity index (χ1) is 9.13. The number of carbonyl (C=O) groups excluding carboxylic acids is 1. The van der Waals surface area contributed by atoms with Crippen LogP contribution in [0.5, 0.6) is 5.75 Å². The van der Waals surface area contributed by atoms with Crippen LogP contribution in [0, 0.1) is 3.57 Å². The average Bonchev–Trinajstić information content (AvgIpc) is 2.41. The third kappa shape index (κ3) is 4.99. The predicted molar refractivity (Wildman–Crippen MR) is 83.0 cm³/mol. The molecule has 2 rings (SSSR count). The van der Waals surface area contributed by atoms with Gasteiger partial charge in [0.25, 0.3) is 5.91 Å². The number of hydrogen-bond acceptors (Lipinski definition) is 3. The van der Waals surface area contributed by atoms with E-state index in [0.717, 1.165) is 35.0 Å². The maximum absolute atomic E-state index is 11.8. The predicted octanol–water partition coefficient (Wildman–Crippen LogP) is 2.06. The van der Waals surface area contributed by atoms with E-state index in [4.69, 9.17) is 10.5 Å². The van der Waals surface area contributed by atoms with Crippen molar-refractivity contribution in [1.29, 1.82) is 0 Å². The largest absolute Gasteiger partial charge is 0.484 e. The summed E-state index contributed by atoms with van der Waals surface area (Å²) in [5.41, 5.74) is 5.84. The van der Waals surface area contributed by atoms with Gasteiger partial charge in [-0.25, -0.2) is 0 Å². The molecule has 0 heterocycles. The van der Waals surface area contributed by atoms with Crippen LogP contribution in [-0.4, -0.2) is 24.6 Å². The summed E-state index contributed by atoms with van der Waals surface area (Å²) in [5.74, 6) is 0.667. The summed E-state index contributed by atoms with van der Waals surface area (Å²) < 4.78 is 6.59. The third-order valence-corrected chi connectivity index (χ3v) is 4.04. The number of rotatable bonds is 4. The van der Waals surface area contributed by atoms with Crippen LogP contribution in [0.4, 0.5) is 0 Å². The number of amides is 1. The number of benzene rings is 1. The van der Waals surface area contributed by atoms with Crippen molar-refractivity contribution in [1.82, 2.24) is 5.32 Å². The van der Waals surface area contributed by atoms with Gasteiger partial charge in [0, 0.05) is 15.7 Å². The lowest BCUT2D eigenvalue weighted by molar-refractivity contribution is -0.124. The van der Waals surface area contributed by atoms with Gasteiger partial charge < -0.3 is 15.8 Å². The molecule has 0 bridgehead atoms. The second-order valence-electron chi connectivity index (χ2n) is 4.92. The molecule has 1 saturated carbocycles. The SMILES string of the molecule is NC1CCC(NC(=O)COc2ccc(I)cc2)CC1. The Hall–Kier alpha value is -0.820. The summed E-state index contributed by atoms with van der Waals surface area (Å²) in [5, 5.41) is 3.00. The fourth-order valence-electron chi connectivity index (χ4n) is 2.21. The number of carbonyl (C=O) groups is 1. The second-order valence-corrected chi connectivity index (χ2v) is 6.17. The van der Waals surface area contributed by atoms with Gasteiger partial charge in [0.2, 0.25) is 0 Å². The molecule has 1 aliphatic rings. The van der Waals surface area contributed by atoms with Crippen molar-refractivity contribution in [2.75, 3.05) is 6.61 Å². The molecule has 0 aliphatic heterocycles. The van der Waals surface area contributed by atoms with E-state index in [9.17, 15) is 4.79 Å². The fourth-order valence-corrected chi connectivity index (χ4v) is 2.57. The minimum atomic E-state index is -0.0565. The van der Waals surface area contributed by atoms with Gasteiger partial charge in [0.1, 0.15) is 5.75 Å². The average molecular weight is 374 g/mol. The van der Waals surface area contributed by atoms with E-state index in [-0.39, 0.29) is 18.6 Å². The normalized spacial score (nSPS) is 22.8. The van der Waals surface area contributed by atoms with Gasteiger partial charge in [-0.15, -0.1) is 0 Å². The van der Waals surface area contributed by atoms with Crippen LogP contribution in [0.25, 0.3) is 0 Å². The van der Waals surface area contributed by atoms with Crippen molar-refractivity contribution < 1.29 is 9.53 Å². The Morgan fingerprint density at radius 1 is 1.26 bits per heavy atom. The summed E-state index contributed by atoms with van der Waals surface area (Å²) in [7, 11) is 0. The first-order valence-electron chi connectivity index (χ1n) is 6.57. The maximum atomic E-state index is 11.8. The monoisotopic (exact) mass is 374 g/mol. The number of halogens is 1. The molecule has 1 amide bonds. The molecule has 0 unspecified atom stereocenters. The molecule has 1 aromatic carbocycles. The Morgan fingerprint density at radius 3 is 2.53 bits per heavy atom. The van der Waals surface area contributed by atoms with Crippen molar-refractivity contribution in [3.8, 4) is 5.75 Å². The Balaban J connectivity index is 1.71. The lowest BCUT2D eigenvalue weighted by Gasteiger charge is -2.26. The van der Waals surface area contributed by atoms with E-state index in [2.05, 4.69) is 27.9 Å². The number of nitrogens with two attached hydrogens (primary N) is 1. The maximum Gasteiger partial charge on any atom is 0.258 e. The Kier molecular flexibility index (Phi) is 5.45. The molecule has 5 heteroatoms. The van der Waals surface area contributed by atoms with Crippen LogP contribution in [0.3, 0.4) is 0 Å². The van der Waals surface area contributed by atoms with Gasteiger partial charge in [-0.05, 0) is 72.5 Å². The van der Waals surface area contributed by atoms with Gasteiger partial charge in [0.05, 0.1) is 0 Å². The molecule has 0 saturated heterocycles. The summed E-state index contributed by atoms with van der Waals surface area (Å²) in [6.07, 6.45) is 3.92. The zero-order chi connectivity index (χ0) is 13.7. The van der Waals surface area contributed by atoms with Crippen molar-refractivity contribution in [3.63, 3.8) is 0 Å². The van der Waals surface area contributed by atoms with E-state index in [0.29, 0.717) is 6.04 Å². The molecule has 1 aliphatic carbocycles. The molecule has 4 nitrogen and oxygen atoms in total. The van der Waals surface area contributed by atoms with E-state index in [1.165, 1.54) is 0 Å². The van der Waals surface area contributed by atoms with E-state index in [1.54, 1.807) is 0 Å². The summed E-state index contributed by atoms with van der Waals surface area (Å²) in [6, 6.07) is 8.21. The van der Waals surface area contributed by atoms with Crippen LogP contribution in [0.15, 0.2) is 24.3 Å². The van der Waals surface area contributed by atoms with Gasteiger partial charge in [-0.2, -0.15) is 0 Å². The molecular formula is C14H19IN2O2. The fraction of sp³-hybridized carbons (Fsp3) is 0.500. The smallest absolute Gasteiger partial charge is 0.258 e. The van der Waals surface area contributed by atoms with Crippen molar-refractivity contribution in [3.05, 3.63) is 27.8 Å². The van der Waals surface area contributed by atoms with Gasteiger partial charge >= 0.3 is 0 Å². The Labute approximate surface area is 127 Å². The van der Waals surface area contributed by atoms with Gasteiger partial charge in [-0.1, -0.05) is 0 Å². The highest BCUT2D eigenvalue weighted by Gasteiger charge is 2.19. The number of ether oxygens (including phenoxy) is 1. The zero-order valence-electron chi connectivity index (χ0n) is 10.8. The topological polar surface area (TPSA) is 64.3 Å². The summed E-state index contributed by atoms with van der Waals surface area (Å²) in [6.45, 7) is 0.0726. The zero-order valence-corrected chi connectivity index (χ0v) is 12.9. The quantitative estimate of drug-likeness (QED) is 0.793. The minimum absolute atomic E-state index is 0.0565. The molecule has 0 spiro atoms. The first-order valence-corrected chi connectivity index (χ1v) is 7.64. The highest BCUT2D eigenvalue weighted by molar-refractivity contribution is 14.1. The molecule has 0 radical (unpaired) electrons. The van der Waals surface area contributed by atoms with Crippen LogP contribution in [-0.2, 0) is 4.79 Å². The molecule has 1 fully saturated rings. The molecular weight excluding hydrogens is 355 g/mol. The molecule has 1 aromatic rings. The van der Waals surface area contributed by atoms with E-state index < -0.39 is 0 Å². The van der Waals surface area contributed by atoms with Crippen molar-refractivity contribution in [2.24, 2.45) is 5.73 Å². The highest BCUT2D eigenvalue weighted by Crippen LogP contribution is 2.17. The second kappa shape index (κ2) is 7.09. The molecule has 19 heavy (non-hydrogen) atoms. The van der Waals surface area contributed by atoms with Gasteiger partial charge in [0.15, 0.2) is 6.61 Å². The van der Waals surface area contributed by atoms with Crippen molar-refractivity contribution in [2.45, 2.75) is 37.8 Å². The number of hydrogen-bond donors (Lipinski definition) is 2. The van der Waals surface area contributed by atoms with Gasteiger partial charge in [-0.3, -0.25) is 4.79 Å². The van der Waals surface area contributed by atoms with Crippen LogP contribution in [0.1, 0.15) is 25.7 Å². The minimum Gasteiger partial charge on any atom is -0.484 e. The lowest BCUT2D eigenvalue weighted by atomic mass is 9.92. The van der Waals surface area contributed by atoms with Crippen LogP contribution < -0.4 is 15.8 Å². The standard InChI is InChI=1S/C14H19IN2O2/c15-10-1-7-13(8-2-10)19-9-14(18)17-12-5-3-11(16)4-6-12/h1-2,7-8,11-12H,3-6,9,16H2,(H,17,18). The molecule has 104 valence electrons. The Morgan fingerprint density at radius 2 is 1.89 bits per heavy atom. The van der Waals surface area contributed by atoms with Crippen LogP contribution >= 0.6 is 22.6 Å². The lowest BCUT2D eigenvalue weighted by Crippen LogP contribution is -2.42. The molecule has 0 aromatic heterocycles. The molecule has 0 atom stereocenters. The third-order valence-electron chi connectivity index (χ3n) is 3.32. The summed E-state index contributed by atoms with van der Waals surface area (Å²) >= 11 is 2.23. The first kappa shape index (κ1) is 14.6. The van der Waals surface area contributed by atoms with E-state index >= 15 is 0 Å². The van der Waals surface area contributed by atoms with E-state index in [1.807, 2.05) is 24.3 Å².